The Labute approximate surface area is 222 Å². The van der Waals surface area contributed by atoms with Crippen LogP contribution < -0.4 is 0 Å². The van der Waals surface area contributed by atoms with Crippen LogP contribution in [-0.4, -0.2) is 23.7 Å². The first-order chi connectivity index (χ1) is 20.8. The van der Waals surface area contributed by atoms with Crippen molar-refractivity contribution in [2.45, 2.75) is 84.3 Å². The molecule has 0 unspecified atom stereocenters. The zero-order valence-corrected chi connectivity index (χ0v) is 20.0. The maximum Gasteiger partial charge on any atom is 0.416 e. The van der Waals surface area contributed by atoms with Gasteiger partial charge < -0.3 is 4.84 Å². The highest BCUT2D eigenvalue weighted by molar-refractivity contribution is 5.98. The molecule has 1 saturated carbocycles. The quantitative estimate of drug-likeness (QED) is 0.276. The van der Waals surface area contributed by atoms with E-state index in [1.54, 1.807) is 13.0 Å². The summed E-state index contributed by atoms with van der Waals surface area (Å²) in [6.07, 6.45) is -17.3. The maximum atomic E-state index is 14.5. The van der Waals surface area contributed by atoms with E-state index in [4.69, 9.17) is 19.9 Å². The molecule has 2 aliphatic rings. The highest BCUT2D eigenvalue weighted by Gasteiger charge is 2.36. The van der Waals surface area contributed by atoms with Crippen molar-refractivity contribution in [1.29, 1.82) is 0 Å². The number of alkyl halides is 3. The van der Waals surface area contributed by atoms with Crippen molar-refractivity contribution in [2.75, 3.05) is 13.1 Å². The topological polar surface area (TPSA) is 24.8 Å². The molecule has 0 N–H and O–H groups in total. The van der Waals surface area contributed by atoms with Crippen molar-refractivity contribution in [3.05, 3.63) is 69.8 Å². The summed E-state index contributed by atoms with van der Waals surface area (Å²) >= 11 is 0. The minimum absolute atomic E-state index is 0.258. The lowest BCUT2D eigenvalue weighted by Gasteiger charge is -2.31. The normalized spacial score (nSPS) is 34.5. The smallest absolute Gasteiger partial charge is 0.391 e. The Morgan fingerprint density at radius 1 is 1.14 bits per heavy atom. The number of aryl methyl sites for hydroxylation is 1. The van der Waals surface area contributed by atoms with E-state index in [0.717, 1.165) is 49.7 Å². The fourth-order valence-electron chi connectivity index (χ4n) is 4.01. The van der Waals surface area contributed by atoms with Crippen LogP contribution in [0.2, 0.25) is 0 Å². The number of hydrogen-bond acceptors (Lipinski definition) is 3. The zero-order valence-electron chi connectivity index (χ0n) is 31.0. The molecule has 0 amide bonds. The van der Waals surface area contributed by atoms with E-state index >= 15 is 0 Å². The number of benzene rings is 2. The lowest BCUT2D eigenvalue weighted by Crippen LogP contribution is -2.36. The second-order valence-electron chi connectivity index (χ2n) is 8.73. The van der Waals surface area contributed by atoms with Crippen LogP contribution in [0, 0.1) is 5.89 Å². The fraction of sp³-hybridized carbons (Fsp3) is 0.552. The molecule has 0 spiro atoms. The Morgan fingerprint density at radius 2 is 1.89 bits per heavy atom. The highest BCUT2D eigenvalue weighted by atomic mass is 19.4. The number of rotatable bonds is 8. The van der Waals surface area contributed by atoms with E-state index in [1.165, 1.54) is 0 Å². The summed E-state index contributed by atoms with van der Waals surface area (Å²) in [7, 11) is 0. The molecular formula is C29H37F3N2O. The predicted octanol–water partition coefficient (Wildman–Crippen LogP) is 7.71. The molecule has 1 aliphatic heterocycles. The Hall–Kier alpha value is -2.34. The van der Waals surface area contributed by atoms with Crippen molar-refractivity contribution in [3.8, 4) is 0 Å². The van der Waals surface area contributed by atoms with E-state index in [2.05, 4.69) is 10.1 Å². The van der Waals surface area contributed by atoms with Gasteiger partial charge in [-0.2, -0.15) is 13.2 Å². The number of oxime groups is 1. The summed E-state index contributed by atoms with van der Waals surface area (Å²) in [5.41, 5.74) is -0.403. The first kappa shape index (κ1) is 15.0. The molecule has 3 nitrogen and oxygen atoms in total. The molecule has 0 bridgehead atoms. The van der Waals surface area contributed by atoms with E-state index in [1.807, 2.05) is 19.1 Å². The molecule has 4 rings (SSSR count). The fourth-order valence-corrected chi connectivity index (χ4v) is 4.01. The summed E-state index contributed by atoms with van der Waals surface area (Å²) in [4.78, 5) is 7.42. The summed E-state index contributed by atoms with van der Waals surface area (Å²) in [6, 6.07) is 7.39. The van der Waals surface area contributed by atoms with Gasteiger partial charge >= 0.3 is 6.18 Å². The van der Waals surface area contributed by atoms with Crippen LogP contribution in [0.3, 0.4) is 0 Å². The Balaban J connectivity index is 1.72. The molecule has 1 saturated heterocycles. The van der Waals surface area contributed by atoms with Gasteiger partial charge in [0.1, 0.15) is 6.56 Å². The molecule has 2 aromatic rings. The minimum Gasteiger partial charge on any atom is -0.391 e. The van der Waals surface area contributed by atoms with Crippen LogP contribution in [0.4, 0.5) is 13.2 Å². The van der Waals surface area contributed by atoms with E-state index < -0.39 is 66.7 Å². The number of nitrogens with zero attached hydrogens (tertiary/aromatic N) is 2. The van der Waals surface area contributed by atoms with E-state index in [9.17, 15) is 13.2 Å². The van der Waals surface area contributed by atoms with Gasteiger partial charge in [0.05, 0.1) is 14.0 Å². The molecule has 1 heterocycles. The summed E-state index contributed by atoms with van der Waals surface area (Å²) < 4.78 is 135. The van der Waals surface area contributed by atoms with Crippen LogP contribution in [0.5, 0.6) is 0 Å². The SMILES string of the molecule is [2H]C([2H])(O/N=C(\C)c1ccc(CN2CCC2)c(CC)c1)c1ccc(C2C([2H])([2H])C([2H])([2H])C([2H])(C)C([2H])([2H])C2([2H])[2H])c(C(F)(F)F)c1. The van der Waals surface area contributed by atoms with Gasteiger partial charge in [0.2, 0.25) is 0 Å². The highest BCUT2D eigenvalue weighted by Crippen LogP contribution is 2.42. The molecule has 2 aromatic carbocycles. The van der Waals surface area contributed by atoms with Gasteiger partial charge in [-0.3, -0.25) is 4.90 Å². The lowest BCUT2D eigenvalue weighted by molar-refractivity contribution is -0.138. The molecule has 6 heteroatoms. The third kappa shape index (κ3) is 6.46. The third-order valence-electron chi connectivity index (χ3n) is 6.17. The molecule has 0 aromatic heterocycles. The van der Waals surface area contributed by atoms with Gasteiger partial charge in [-0.1, -0.05) is 56.0 Å². The monoisotopic (exact) mass is 497 g/mol. The zero-order chi connectivity index (χ0) is 34.9. The Morgan fingerprint density at radius 3 is 2.51 bits per heavy atom. The van der Waals surface area contributed by atoms with Crippen molar-refractivity contribution in [2.24, 2.45) is 11.0 Å². The lowest BCUT2D eigenvalue weighted by atomic mass is 9.78. The van der Waals surface area contributed by atoms with Crippen LogP contribution in [0.15, 0.2) is 41.6 Å². The van der Waals surface area contributed by atoms with Crippen LogP contribution in [-0.2, 0) is 30.5 Å². The number of hydrogen-bond donors (Lipinski definition) is 0. The second-order valence-corrected chi connectivity index (χ2v) is 8.73. The molecular weight excluding hydrogens is 449 g/mol. The van der Waals surface area contributed by atoms with Gasteiger partial charge in [-0.15, -0.1) is 0 Å². The minimum atomic E-state index is -5.32. The van der Waals surface area contributed by atoms with Crippen LogP contribution in [0.25, 0.3) is 0 Å². The van der Waals surface area contributed by atoms with Crippen molar-refractivity contribution in [3.63, 3.8) is 0 Å². The van der Waals surface area contributed by atoms with Gasteiger partial charge in [0, 0.05) is 18.9 Å². The number of likely N-dealkylation sites (tertiary alicyclic amines) is 1. The molecule has 0 radical (unpaired) electrons. The van der Waals surface area contributed by atoms with E-state index in [0.29, 0.717) is 24.6 Å². The molecule has 0 atom stereocenters. The number of halogens is 3. The third-order valence-corrected chi connectivity index (χ3v) is 6.17. The van der Waals surface area contributed by atoms with Gasteiger partial charge in [-0.25, -0.2) is 0 Å². The van der Waals surface area contributed by atoms with Crippen LogP contribution in [0.1, 0.15) is 107 Å². The second kappa shape index (κ2) is 11.2. The maximum absolute atomic E-state index is 14.5. The first-order valence-electron chi connectivity index (χ1n) is 17.1. The van der Waals surface area contributed by atoms with E-state index in [-0.39, 0.29) is 5.71 Å². The molecule has 190 valence electrons. The summed E-state index contributed by atoms with van der Waals surface area (Å²) in [6.45, 7) is 4.14. The molecule has 2 fully saturated rings. The summed E-state index contributed by atoms with van der Waals surface area (Å²) in [5.74, 6) is -5.70. The van der Waals surface area contributed by atoms with Crippen molar-refractivity contribution >= 4 is 5.71 Å². The largest absolute Gasteiger partial charge is 0.416 e. The molecule has 1 aliphatic carbocycles. The van der Waals surface area contributed by atoms with Gasteiger partial charge in [-0.05, 0) is 97.4 Å². The van der Waals surface area contributed by atoms with Crippen molar-refractivity contribution in [1.82, 2.24) is 4.90 Å². The van der Waals surface area contributed by atoms with Crippen molar-refractivity contribution < 1.29 is 33.1 Å². The first-order valence-corrected chi connectivity index (χ1v) is 11.6. The molecule has 35 heavy (non-hydrogen) atoms. The standard InChI is InChI=1S/C29H37F3N2O/c1-4-23-17-25(11-12-26(23)18-34-14-5-15-34)21(3)33-35-19-22-8-13-27(28(16-22)29(30,31)32)24-9-6-20(2)7-10-24/h8,11-13,16-17,20,24H,4-7,9-10,14-15,18-19H2,1-3H3/b33-21+/i6D2,7D2,9D2,10D2,19D2,20D. The summed E-state index contributed by atoms with van der Waals surface area (Å²) in [5, 5.41) is 3.85. The predicted molar refractivity (Wildman–Crippen MR) is 135 cm³/mol. The van der Waals surface area contributed by atoms with Crippen LogP contribution >= 0.6 is 0 Å². The average molecular weight is 498 g/mol. The average Bonchev–Trinajstić information content (AvgIpc) is 2.92. The van der Waals surface area contributed by atoms with Gasteiger partial charge in [0.15, 0.2) is 0 Å². The Kier molecular flexibility index (Phi) is 4.79. The van der Waals surface area contributed by atoms with Gasteiger partial charge in [0.25, 0.3) is 0 Å². The Bertz CT molecular complexity index is 1480.